The van der Waals surface area contributed by atoms with Gasteiger partial charge in [-0.25, -0.2) is 8.42 Å². The molecular formula is C20H23N3O4S2. The zero-order chi connectivity index (χ0) is 20.4. The molecule has 2 aliphatic heterocycles. The lowest BCUT2D eigenvalue weighted by atomic mass is 10.2. The van der Waals surface area contributed by atoms with Crippen LogP contribution in [0.4, 0.5) is 0 Å². The first-order chi connectivity index (χ1) is 14.0. The summed E-state index contributed by atoms with van der Waals surface area (Å²) in [5.74, 6) is -0.137. The molecule has 0 atom stereocenters. The third-order valence-electron chi connectivity index (χ3n) is 5.39. The fourth-order valence-electron chi connectivity index (χ4n) is 3.70. The summed E-state index contributed by atoms with van der Waals surface area (Å²) in [4.78, 5) is 29.6. The van der Waals surface area contributed by atoms with E-state index in [4.69, 9.17) is 0 Å². The molecule has 4 rings (SSSR count). The second-order valence-corrected chi connectivity index (χ2v) is 10.1. The van der Waals surface area contributed by atoms with E-state index in [9.17, 15) is 18.0 Å². The number of benzene rings is 1. The number of rotatable bonds is 4. The van der Waals surface area contributed by atoms with Gasteiger partial charge in [0, 0.05) is 44.8 Å². The molecule has 154 valence electrons. The fourth-order valence-corrected chi connectivity index (χ4v) is 5.91. The number of carbonyl (C=O) groups excluding carboxylic acids is 2. The van der Waals surface area contributed by atoms with Crippen LogP contribution in [0.1, 0.15) is 32.9 Å². The van der Waals surface area contributed by atoms with Gasteiger partial charge in [0.1, 0.15) is 0 Å². The highest BCUT2D eigenvalue weighted by Crippen LogP contribution is 2.22. The van der Waals surface area contributed by atoms with E-state index >= 15 is 0 Å². The monoisotopic (exact) mass is 433 g/mol. The quantitative estimate of drug-likeness (QED) is 0.740. The van der Waals surface area contributed by atoms with Crippen molar-refractivity contribution in [2.45, 2.75) is 17.7 Å². The maximum Gasteiger partial charge on any atom is 0.264 e. The van der Waals surface area contributed by atoms with Crippen molar-refractivity contribution in [2.24, 2.45) is 0 Å². The normalized spacial score (nSPS) is 18.2. The lowest BCUT2D eigenvalue weighted by Gasteiger charge is -2.34. The Bertz CT molecular complexity index is 973. The number of sulfonamides is 1. The highest BCUT2D eigenvalue weighted by atomic mass is 32.2. The number of amides is 2. The summed E-state index contributed by atoms with van der Waals surface area (Å²) >= 11 is 1.42. The van der Waals surface area contributed by atoms with Crippen molar-refractivity contribution in [1.29, 1.82) is 0 Å². The molecule has 2 saturated heterocycles. The Morgan fingerprint density at radius 3 is 1.93 bits per heavy atom. The van der Waals surface area contributed by atoms with E-state index in [0.29, 0.717) is 49.7 Å². The maximum absolute atomic E-state index is 12.8. The minimum Gasteiger partial charge on any atom is -0.335 e. The van der Waals surface area contributed by atoms with E-state index in [0.717, 1.165) is 12.8 Å². The Morgan fingerprint density at radius 2 is 1.38 bits per heavy atom. The highest BCUT2D eigenvalue weighted by molar-refractivity contribution is 7.89. The molecule has 0 bridgehead atoms. The van der Waals surface area contributed by atoms with Crippen LogP contribution in [0.15, 0.2) is 46.7 Å². The van der Waals surface area contributed by atoms with E-state index in [1.807, 2.05) is 17.5 Å². The first-order valence-corrected chi connectivity index (χ1v) is 12.0. The molecule has 29 heavy (non-hydrogen) atoms. The minimum atomic E-state index is -3.48. The van der Waals surface area contributed by atoms with E-state index < -0.39 is 10.0 Å². The van der Waals surface area contributed by atoms with Crippen LogP contribution < -0.4 is 0 Å². The number of hydrogen-bond donors (Lipinski definition) is 0. The molecule has 0 unspecified atom stereocenters. The molecule has 7 nitrogen and oxygen atoms in total. The Morgan fingerprint density at radius 1 is 0.793 bits per heavy atom. The largest absolute Gasteiger partial charge is 0.335 e. The molecule has 2 aromatic rings. The smallest absolute Gasteiger partial charge is 0.264 e. The van der Waals surface area contributed by atoms with Gasteiger partial charge in [-0.3, -0.25) is 9.59 Å². The van der Waals surface area contributed by atoms with E-state index in [1.54, 1.807) is 21.9 Å². The summed E-state index contributed by atoms with van der Waals surface area (Å²) in [6.07, 6.45) is 1.77. The van der Waals surface area contributed by atoms with E-state index in [-0.39, 0.29) is 16.7 Å². The van der Waals surface area contributed by atoms with Crippen LogP contribution in [0.5, 0.6) is 0 Å². The molecule has 0 spiro atoms. The second kappa shape index (κ2) is 8.25. The van der Waals surface area contributed by atoms with Gasteiger partial charge in [0.15, 0.2) is 0 Å². The highest BCUT2D eigenvalue weighted by Gasteiger charge is 2.28. The number of piperazine rings is 1. The summed E-state index contributed by atoms with van der Waals surface area (Å²) in [7, 11) is -3.48. The SMILES string of the molecule is O=C(c1ccc(S(=O)(=O)N2CCCC2)cc1)N1CCN(C(=O)c2cccs2)CC1. The Labute approximate surface area is 174 Å². The standard InChI is InChI=1S/C20H23N3O4S2/c24-19(21-11-13-22(14-12-21)20(25)18-4-3-15-28-18)16-5-7-17(8-6-16)29(26,27)23-9-1-2-10-23/h3-8,15H,1-2,9-14H2. The third kappa shape index (κ3) is 4.08. The summed E-state index contributed by atoms with van der Waals surface area (Å²) < 4.78 is 26.7. The van der Waals surface area contributed by atoms with Gasteiger partial charge in [0.2, 0.25) is 10.0 Å². The number of hydrogen-bond acceptors (Lipinski definition) is 5. The van der Waals surface area contributed by atoms with E-state index in [2.05, 4.69) is 0 Å². The van der Waals surface area contributed by atoms with E-state index in [1.165, 1.54) is 27.8 Å². The Balaban J connectivity index is 1.38. The molecule has 0 N–H and O–H groups in total. The average Bonchev–Trinajstić information content (AvgIpc) is 3.47. The van der Waals surface area contributed by atoms with Crippen LogP contribution in [-0.2, 0) is 10.0 Å². The number of carbonyl (C=O) groups is 2. The van der Waals surface area contributed by atoms with Crippen LogP contribution in [0.25, 0.3) is 0 Å². The molecule has 3 heterocycles. The zero-order valence-electron chi connectivity index (χ0n) is 16.0. The van der Waals surface area contributed by atoms with Gasteiger partial charge >= 0.3 is 0 Å². The van der Waals surface area contributed by atoms with Crippen molar-refractivity contribution in [3.05, 3.63) is 52.2 Å². The third-order valence-corrected chi connectivity index (χ3v) is 8.16. The van der Waals surface area contributed by atoms with Gasteiger partial charge in [-0.05, 0) is 48.6 Å². The minimum absolute atomic E-state index is 0.00331. The zero-order valence-corrected chi connectivity index (χ0v) is 17.6. The van der Waals surface area contributed by atoms with Gasteiger partial charge in [0.05, 0.1) is 9.77 Å². The van der Waals surface area contributed by atoms with Gasteiger partial charge < -0.3 is 9.80 Å². The number of thiophene rings is 1. The molecule has 2 fully saturated rings. The van der Waals surface area contributed by atoms with Crippen molar-refractivity contribution in [2.75, 3.05) is 39.3 Å². The summed E-state index contributed by atoms with van der Waals surface area (Å²) in [6, 6.07) is 9.84. The number of nitrogens with zero attached hydrogens (tertiary/aromatic N) is 3. The van der Waals surface area contributed by atoms with Crippen LogP contribution in [0, 0.1) is 0 Å². The fraction of sp³-hybridized carbons (Fsp3) is 0.400. The molecule has 0 aliphatic carbocycles. The molecule has 0 radical (unpaired) electrons. The molecule has 9 heteroatoms. The van der Waals surface area contributed by atoms with Crippen molar-refractivity contribution < 1.29 is 18.0 Å². The van der Waals surface area contributed by atoms with Crippen molar-refractivity contribution >= 4 is 33.2 Å². The van der Waals surface area contributed by atoms with Gasteiger partial charge in [-0.15, -0.1) is 11.3 Å². The topological polar surface area (TPSA) is 78.0 Å². The van der Waals surface area contributed by atoms with Crippen molar-refractivity contribution in [3.8, 4) is 0 Å². The van der Waals surface area contributed by atoms with Gasteiger partial charge in [0.25, 0.3) is 11.8 Å². The maximum atomic E-state index is 12.8. The average molecular weight is 434 g/mol. The molecule has 1 aromatic carbocycles. The summed E-state index contributed by atoms with van der Waals surface area (Å²) in [5, 5.41) is 1.88. The van der Waals surface area contributed by atoms with Crippen molar-refractivity contribution in [1.82, 2.24) is 14.1 Å². The van der Waals surface area contributed by atoms with Crippen LogP contribution in [0.2, 0.25) is 0 Å². The molecule has 2 aliphatic rings. The first kappa shape index (κ1) is 20.1. The predicted molar refractivity (Wildman–Crippen MR) is 111 cm³/mol. The molecule has 0 saturated carbocycles. The molecular weight excluding hydrogens is 410 g/mol. The van der Waals surface area contributed by atoms with Crippen LogP contribution in [0.3, 0.4) is 0 Å². The Hall–Kier alpha value is -2.23. The summed E-state index contributed by atoms with van der Waals surface area (Å²) in [5.41, 5.74) is 0.461. The summed E-state index contributed by atoms with van der Waals surface area (Å²) in [6.45, 7) is 3.01. The Kier molecular flexibility index (Phi) is 5.71. The van der Waals surface area contributed by atoms with Crippen molar-refractivity contribution in [3.63, 3.8) is 0 Å². The second-order valence-electron chi connectivity index (χ2n) is 7.20. The molecule has 2 amide bonds. The van der Waals surface area contributed by atoms with Gasteiger partial charge in [-0.1, -0.05) is 6.07 Å². The first-order valence-electron chi connectivity index (χ1n) is 9.69. The predicted octanol–water partition coefficient (Wildman–Crippen LogP) is 2.13. The van der Waals surface area contributed by atoms with Gasteiger partial charge in [-0.2, -0.15) is 4.31 Å². The van der Waals surface area contributed by atoms with Crippen LogP contribution >= 0.6 is 11.3 Å². The lowest BCUT2D eigenvalue weighted by molar-refractivity contribution is 0.0538. The lowest BCUT2D eigenvalue weighted by Crippen LogP contribution is -2.50. The molecule has 1 aromatic heterocycles. The van der Waals surface area contributed by atoms with Crippen LogP contribution in [-0.4, -0.2) is 73.6 Å².